The van der Waals surface area contributed by atoms with E-state index in [0.717, 1.165) is 51.3 Å². The van der Waals surface area contributed by atoms with E-state index in [1.54, 1.807) is 10.7 Å². The third kappa shape index (κ3) is 3.29. The Morgan fingerprint density at radius 2 is 1.86 bits per heavy atom. The molecule has 0 aliphatic heterocycles. The van der Waals surface area contributed by atoms with Gasteiger partial charge in [-0.2, -0.15) is 9.61 Å². The average Bonchev–Trinajstić information content (AvgIpc) is 3.18. The molecule has 4 aromatic rings. The largest absolute Gasteiger partial charge is 0.383 e. The molecule has 0 fully saturated rings. The highest BCUT2D eigenvalue weighted by molar-refractivity contribution is 5.82. The number of fused-ring (bicyclic) bond motifs is 1. The molecule has 0 saturated carbocycles. The van der Waals surface area contributed by atoms with Gasteiger partial charge in [-0.25, -0.2) is 4.98 Å². The molecule has 0 amide bonds. The highest BCUT2D eigenvalue weighted by Crippen LogP contribution is 2.34. The molecule has 0 aliphatic rings. The Kier molecular flexibility index (Phi) is 4.89. The normalized spacial score (nSPS) is 12.2. The van der Waals surface area contributed by atoms with Crippen LogP contribution in [0.3, 0.4) is 0 Å². The predicted molar refractivity (Wildman–Crippen MR) is 119 cm³/mol. The first kappa shape index (κ1) is 18.9. The van der Waals surface area contributed by atoms with Crippen LogP contribution in [-0.4, -0.2) is 19.6 Å². The highest BCUT2D eigenvalue weighted by Gasteiger charge is 2.21. The van der Waals surface area contributed by atoms with Gasteiger partial charge in [-0.05, 0) is 30.9 Å². The van der Waals surface area contributed by atoms with Crippen molar-refractivity contribution in [3.05, 3.63) is 72.7 Å². The number of aromatic nitrogens is 4. The number of allylic oxidation sites excluding steroid dienone is 1. The van der Waals surface area contributed by atoms with Gasteiger partial charge in [0, 0.05) is 28.5 Å². The molecule has 4 rings (SSSR count). The van der Waals surface area contributed by atoms with Crippen LogP contribution in [0.1, 0.15) is 44.4 Å². The molecule has 0 radical (unpaired) electrons. The number of nitrogens with two attached hydrogens (primary N) is 1. The molecule has 1 aromatic carbocycles. The van der Waals surface area contributed by atoms with Crippen molar-refractivity contribution in [2.45, 2.75) is 33.1 Å². The second-order valence-corrected chi connectivity index (χ2v) is 7.44. The maximum absolute atomic E-state index is 6.49. The number of hydrogen-bond acceptors (Lipinski definition) is 4. The summed E-state index contributed by atoms with van der Waals surface area (Å²) in [4.78, 5) is 9.62. The fraction of sp³-hybridized carbons (Fsp3) is 0.208. The third-order valence-electron chi connectivity index (χ3n) is 5.36. The Morgan fingerprint density at radius 1 is 1.10 bits per heavy atom. The summed E-state index contributed by atoms with van der Waals surface area (Å²) in [6.07, 6.45) is 4.65. The number of hydrogen-bond donors (Lipinski definition) is 1. The zero-order valence-electron chi connectivity index (χ0n) is 17.1. The van der Waals surface area contributed by atoms with Crippen LogP contribution in [0.2, 0.25) is 0 Å². The molecule has 0 aliphatic carbocycles. The number of nitrogen functional groups attached to an aromatic ring is 1. The molecule has 3 aromatic heterocycles. The molecular formula is C24H25N5. The van der Waals surface area contributed by atoms with E-state index in [-0.39, 0.29) is 5.92 Å². The van der Waals surface area contributed by atoms with Gasteiger partial charge in [-0.1, -0.05) is 56.8 Å². The van der Waals surface area contributed by atoms with Gasteiger partial charge in [0.05, 0.1) is 17.6 Å². The lowest BCUT2D eigenvalue weighted by Crippen LogP contribution is -2.11. The molecule has 0 spiro atoms. The van der Waals surface area contributed by atoms with Gasteiger partial charge >= 0.3 is 0 Å². The summed E-state index contributed by atoms with van der Waals surface area (Å²) in [7, 11) is 0. The van der Waals surface area contributed by atoms with Crippen molar-refractivity contribution >= 4 is 17.0 Å². The van der Waals surface area contributed by atoms with Crippen LogP contribution < -0.4 is 5.73 Å². The van der Waals surface area contributed by atoms with Crippen molar-refractivity contribution < 1.29 is 0 Å². The van der Waals surface area contributed by atoms with Crippen molar-refractivity contribution in [1.29, 1.82) is 0 Å². The first-order valence-electron chi connectivity index (χ1n) is 9.86. The summed E-state index contributed by atoms with van der Waals surface area (Å²) >= 11 is 0. The summed E-state index contributed by atoms with van der Waals surface area (Å²) in [6.45, 7) is 10.4. The fourth-order valence-electron chi connectivity index (χ4n) is 3.56. The highest BCUT2D eigenvalue weighted by atomic mass is 15.3. The third-order valence-corrected chi connectivity index (χ3v) is 5.36. The van der Waals surface area contributed by atoms with E-state index >= 15 is 0 Å². The summed E-state index contributed by atoms with van der Waals surface area (Å²) in [5.74, 6) is 0.855. The molecular weight excluding hydrogens is 358 g/mol. The van der Waals surface area contributed by atoms with E-state index in [1.165, 1.54) is 0 Å². The lowest BCUT2D eigenvalue weighted by atomic mass is 9.96. The number of nitrogens with zero attached hydrogens (tertiary/aromatic N) is 4. The lowest BCUT2D eigenvalue weighted by molar-refractivity contribution is 0.703. The lowest BCUT2D eigenvalue weighted by Gasteiger charge is -2.17. The van der Waals surface area contributed by atoms with Crippen LogP contribution in [0, 0.1) is 0 Å². The summed E-state index contributed by atoms with van der Waals surface area (Å²) in [6, 6.07) is 14.2. The first-order valence-corrected chi connectivity index (χ1v) is 9.86. The zero-order valence-corrected chi connectivity index (χ0v) is 17.1. The maximum Gasteiger partial charge on any atom is 0.165 e. The van der Waals surface area contributed by atoms with Gasteiger partial charge in [0.25, 0.3) is 0 Å². The molecule has 5 heteroatoms. The average molecular weight is 383 g/mol. The molecule has 1 unspecified atom stereocenters. The SMILES string of the molecule is C=C(C)c1c(C(C)CC)nc2c(-c3ccc(-c4ccccc4)nc3)cnn2c1N. The quantitative estimate of drug-likeness (QED) is 0.488. The Hall–Kier alpha value is -3.47. The van der Waals surface area contributed by atoms with Gasteiger partial charge in [-0.3, -0.25) is 4.98 Å². The van der Waals surface area contributed by atoms with E-state index in [2.05, 4.69) is 48.7 Å². The number of benzene rings is 1. The molecule has 146 valence electrons. The van der Waals surface area contributed by atoms with Crippen molar-refractivity contribution in [2.24, 2.45) is 0 Å². The second kappa shape index (κ2) is 7.51. The van der Waals surface area contributed by atoms with E-state index in [4.69, 9.17) is 10.7 Å². The zero-order chi connectivity index (χ0) is 20.5. The summed E-state index contributed by atoms with van der Waals surface area (Å²) in [5, 5.41) is 4.50. The van der Waals surface area contributed by atoms with Crippen LogP contribution in [0.25, 0.3) is 33.6 Å². The maximum atomic E-state index is 6.49. The molecule has 0 saturated heterocycles. The van der Waals surface area contributed by atoms with Crippen LogP contribution in [0.5, 0.6) is 0 Å². The Labute approximate surface area is 170 Å². The molecule has 0 bridgehead atoms. The summed E-state index contributed by atoms with van der Waals surface area (Å²) < 4.78 is 1.70. The van der Waals surface area contributed by atoms with Crippen molar-refractivity contribution in [1.82, 2.24) is 19.6 Å². The van der Waals surface area contributed by atoms with E-state index in [9.17, 15) is 0 Å². The van der Waals surface area contributed by atoms with Gasteiger partial charge in [-0.15, -0.1) is 0 Å². The predicted octanol–water partition coefficient (Wildman–Crippen LogP) is 5.59. The first-order chi connectivity index (χ1) is 14.0. The van der Waals surface area contributed by atoms with Crippen LogP contribution in [-0.2, 0) is 0 Å². The number of pyridine rings is 1. The topological polar surface area (TPSA) is 69.1 Å². The smallest absolute Gasteiger partial charge is 0.165 e. The van der Waals surface area contributed by atoms with E-state index in [0.29, 0.717) is 5.82 Å². The van der Waals surface area contributed by atoms with Crippen molar-refractivity contribution in [3.8, 4) is 22.4 Å². The van der Waals surface area contributed by atoms with Gasteiger partial charge in [0.2, 0.25) is 0 Å². The van der Waals surface area contributed by atoms with Gasteiger partial charge < -0.3 is 5.73 Å². The van der Waals surface area contributed by atoms with Crippen LogP contribution >= 0.6 is 0 Å². The van der Waals surface area contributed by atoms with Crippen molar-refractivity contribution in [2.75, 3.05) is 5.73 Å². The number of rotatable bonds is 5. The minimum Gasteiger partial charge on any atom is -0.383 e. The van der Waals surface area contributed by atoms with Crippen molar-refractivity contribution in [3.63, 3.8) is 0 Å². The summed E-state index contributed by atoms with van der Waals surface area (Å²) in [5.41, 5.74) is 13.9. The standard InChI is InChI=1S/C24H25N5/c1-5-16(4)22-21(15(2)3)23(25)29-24(28-22)19(14-27-29)18-11-12-20(26-13-18)17-9-7-6-8-10-17/h6-14,16H,2,5,25H2,1,3-4H3. The second-order valence-electron chi connectivity index (χ2n) is 7.44. The fourth-order valence-corrected chi connectivity index (χ4v) is 3.56. The van der Waals surface area contributed by atoms with Gasteiger partial charge in [0.15, 0.2) is 5.65 Å². The van der Waals surface area contributed by atoms with E-state index in [1.807, 2.05) is 37.4 Å². The molecule has 3 heterocycles. The Morgan fingerprint density at radius 3 is 2.48 bits per heavy atom. The van der Waals surface area contributed by atoms with Crippen LogP contribution in [0.4, 0.5) is 5.82 Å². The van der Waals surface area contributed by atoms with Crippen LogP contribution in [0.15, 0.2) is 61.4 Å². The molecule has 1 atom stereocenters. The molecule has 2 N–H and O–H groups in total. The minimum atomic E-state index is 0.273. The monoisotopic (exact) mass is 383 g/mol. The number of anilines is 1. The minimum absolute atomic E-state index is 0.273. The van der Waals surface area contributed by atoms with E-state index < -0.39 is 0 Å². The molecule has 5 nitrogen and oxygen atoms in total. The molecule has 29 heavy (non-hydrogen) atoms. The Bertz CT molecular complexity index is 1170. The van der Waals surface area contributed by atoms with Gasteiger partial charge in [0.1, 0.15) is 5.82 Å². The Balaban J connectivity index is 1.85.